The Balaban J connectivity index is 1.92. The van der Waals surface area contributed by atoms with Gasteiger partial charge in [-0.2, -0.15) is 0 Å². The van der Waals surface area contributed by atoms with E-state index in [9.17, 15) is 0 Å². The van der Waals surface area contributed by atoms with E-state index in [1.54, 1.807) is 18.9 Å². The Morgan fingerprint density at radius 1 is 1.05 bits per heavy atom. The van der Waals surface area contributed by atoms with E-state index in [2.05, 4.69) is 4.98 Å². The third-order valence-corrected chi connectivity index (χ3v) is 3.88. The first-order valence-electron chi connectivity index (χ1n) is 6.23. The molecule has 0 radical (unpaired) electrons. The monoisotopic (exact) mass is 282 g/mol. The number of aromatic nitrogens is 1. The molecule has 2 aromatic carbocycles. The van der Waals surface area contributed by atoms with Crippen LogP contribution < -0.4 is 10.5 Å². The average Bonchev–Trinajstić information content (AvgIpc) is 2.47. The third-order valence-electron chi connectivity index (χ3n) is 2.95. The number of hydrogen-bond donors (Lipinski definition) is 1. The number of anilines is 1. The van der Waals surface area contributed by atoms with E-state index in [0.717, 1.165) is 32.3 Å². The summed E-state index contributed by atoms with van der Waals surface area (Å²) in [5.41, 5.74) is 7.48. The summed E-state index contributed by atoms with van der Waals surface area (Å²) in [7, 11) is 1.67. The molecule has 0 unspecified atom stereocenters. The van der Waals surface area contributed by atoms with Crippen LogP contribution in [0.15, 0.2) is 64.5 Å². The van der Waals surface area contributed by atoms with Gasteiger partial charge in [-0.15, -0.1) is 0 Å². The van der Waals surface area contributed by atoms with Gasteiger partial charge in [0.2, 0.25) is 0 Å². The highest BCUT2D eigenvalue weighted by Crippen LogP contribution is 2.30. The van der Waals surface area contributed by atoms with Crippen molar-refractivity contribution >= 4 is 28.4 Å². The van der Waals surface area contributed by atoms with Crippen molar-refractivity contribution in [3.63, 3.8) is 0 Å². The van der Waals surface area contributed by atoms with Crippen molar-refractivity contribution in [3.8, 4) is 5.75 Å². The van der Waals surface area contributed by atoms with E-state index in [1.165, 1.54) is 0 Å². The zero-order chi connectivity index (χ0) is 13.9. The summed E-state index contributed by atoms with van der Waals surface area (Å²) in [6.45, 7) is 0. The topological polar surface area (TPSA) is 48.1 Å². The van der Waals surface area contributed by atoms with E-state index >= 15 is 0 Å². The van der Waals surface area contributed by atoms with Gasteiger partial charge in [0.05, 0.1) is 12.6 Å². The fraction of sp³-hybridized carbons (Fsp3) is 0.0625. The van der Waals surface area contributed by atoms with Crippen molar-refractivity contribution in [2.24, 2.45) is 0 Å². The molecule has 4 heteroatoms. The summed E-state index contributed by atoms with van der Waals surface area (Å²) in [6.07, 6.45) is 0. The van der Waals surface area contributed by atoms with Crippen LogP contribution in [-0.2, 0) is 0 Å². The molecule has 0 saturated carbocycles. The van der Waals surface area contributed by atoms with Gasteiger partial charge in [-0.1, -0.05) is 23.9 Å². The van der Waals surface area contributed by atoms with Crippen LogP contribution in [0, 0.1) is 0 Å². The lowest BCUT2D eigenvalue weighted by atomic mass is 10.2. The van der Waals surface area contributed by atoms with Gasteiger partial charge < -0.3 is 10.5 Å². The number of pyridine rings is 1. The fourth-order valence-electron chi connectivity index (χ4n) is 1.97. The van der Waals surface area contributed by atoms with Crippen LogP contribution in [0.2, 0.25) is 0 Å². The Morgan fingerprint density at radius 3 is 2.80 bits per heavy atom. The fourth-order valence-corrected chi connectivity index (χ4v) is 2.81. The molecule has 0 aliphatic heterocycles. The number of nitrogens with zero attached hydrogens (tertiary/aromatic N) is 1. The van der Waals surface area contributed by atoms with E-state index in [4.69, 9.17) is 10.5 Å². The van der Waals surface area contributed by atoms with Crippen molar-refractivity contribution in [1.82, 2.24) is 4.98 Å². The Bertz CT molecular complexity index is 758. The van der Waals surface area contributed by atoms with Crippen LogP contribution in [-0.4, -0.2) is 12.1 Å². The van der Waals surface area contributed by atoms with Gasteiger partial charge in [0.1, 0.15) is 10.8 Å². The van der Waals surface area contributed by atoms with Crippen molar-refractivity contribution in [3.05, 3.63) is 54.6 Å². The molecule has 3 rings (SSSR count). The van der Waals surface area contributed by atoms with Gasteiger partial charge in [0.25, 0.3) is 0 Å². The van der Waals surface area contributed by atoms with Gasteiger partial charge >= 0.3 is 0 Å². The number of rotatable bonds is 3. The summed E-state index contributed by atoms with van der Waals surface area (Å²) in [5, 5.41) is 2.01. The van der Waals surface area contributed by atoms with E-state index < -0.39 is 0 Å². The largest absolute Gasteiger partial charge is 0.497 e. The molecule has 3 aromatic rings. The number of ether oxygens (including phenoxy) is 1. The van der Waals surface area contributed by atoms with Crippen LogP contribution >= 0.6 is 11.8 Å². The molecule has 0 saturated heterocycles. The summed E-state index contributed by atoms with van der Waals surface area (Å²) >= 11 is 1.61. The standard InChI is InChI=1S/C16H14N2OS/c1-19-13-3-2-4-14(10-13)20-16-8-5-11-9-12(17)6-7-15(11)18-16/h2-10H,17H2,1H3. The van der Waals surface area contributed by atoms with Crippen molar-refractivity contribution in [2.75, 3.05) is 12.8 Å². The van der Waals surface area contributed by atoms with Crippen molar-refractivity contribution in [2.45, 2.75) is 9.92 Å². The summed E-state index contributed by atoms with van der Waals surface area (Å²) in [4.78, 5) is 5.74. The van der Waals surface area contributed by atoms with E-state index in [-0.39, 0.29) is 0 Å². The first-order valence-corrected chi connectivity index (χ1v) is 7.04. The van der Waals surface area contributed by atoms with Crippen LogP contribution in [0.25, 0.3) is 10.9 Å². The average molecular weight is 282 g/mol. The summed E-state index contributed by atoms with van der Waals surface area (Å²) in [5.74, 6) is 0.851. The minimum atomic E-state index is 0.757. The summed E-state index contributed by atoms with van der Waals surface area (Å²) in [6, 6.07) is 17.7. The maximum Gasteiger partial charge on any atom is 0.119 e. The lowest BCUT2D eigenvalue weighted by Crippen LogP contribution is -1.87. The molecule has 0 atom stereocenters. The molecule has 0 spiro atoms. The molecule has 20 heavy (non-hydrogen) atoms. The molecule has 0 aliphatic carbocycles. The first kappa shape index (κ1) is 12.8. The lowest BCUT2D eigenvalue weighted by molar-refractivity contribution is 0.413. The van der Waals surface area contributed by atoms with Gasteiger partial charge in [-0.25, -0.2) is 4.98 Å². The van der Waals surface area contributed by atoms with Crippen LogP contribution in [0.3, 0.4) is 0 Å². The van der Waals surface area contributed by atoms with E-state index in [1.807, 2.05) is 54.6 Å². The molecular formula is C16H14N2OS. The van der Waals surface area contributed by atoms with Crippen molar-refractivity contribution in [1.29, 1.82) is 0 Å². The maximum atomic E-state index is 5.77. The molecule has 2 N–H and O–H groups in total. The predicted molar refractivity (Wildman–Crippen MR) is 83.3 cm³/mol. The zero-order valence-electron chi connectivity index (χ0n) is 11.0. The Hall–Kier alpha value is -2.20. The predicted octanol–water partition coefficient (Wildman–Crippen LogP) is 3.98. The highest BCUT2D eigenvalue weighted by molar-refractivity contribution is 7.99. The van der Waals surface area contributed by atoms with Gasteiger partial charge in [-0.05, 0) is 42.5 Å². The van der Waals surface area contributed by atoms with Crippen LogP contribution in [0.4, 0.5) is 5.69 Å². The normalized spacial score (nSPS) is 10.7. The highest BCUT2D eigenvalue weighted by atomic mass is 32.2. The SMILES string of the molecule is COc1cccc(Sc2ccc3cc(N)ccc3n2)c1. The molecule has 1 aromatic heterocycles. The Morgan fingerprint density at radius 2 is 1.95 bits per heavy atom. The second-order valence-electron chi connectivity index (χ2n) is 4.38. The number of hydrogen-bond acceptors (Lipinski definition) is 4. The molecular weight excluding hydrogens is 268 g/mol. The smallest absolute Gasteiger partial charge is 0.119 e. The zero-order valence-corrected chi connectivity index (χ0v) is 11.9. The number of nitrogens with two attached hydrogens (primary N) is 1. The molecule has 100 valence electrons. The number of benzene rings is 2. The molecule has 0 aliphatic rings. The second-order valence-corrected chi connectivity index (χ2v) is 5.48. The summed E-state index contributed by atoms with van der Waals surface area (Å²) < 4.78 is 5.23. The maximum absolute atomic E-state index is 5.77. The molecule has 1 heterocycles. The molecule has 3 nitrogen and oxygen atoms in total. The second kappa shape index (κ2) is 5.43. The Kier molecular flexibility index (Phi) is 3.48. The van der Waals surface area contributed by atoms with Gasteiger partial charge in [0, 0.05) is 16.0 Å². The van der Waals surface area contributed by atoms with Gasteiger partial charge in [-0.3, -0.25) is 0 Å². The third kappa shape index (κ3) is 2.70. The molecule has 0 amide bonds. The van der Waals surface area contributed by atoms with E-state index in [0.29, 0.717) is 0 Å². The minimum absolute atomic E-state index is 0.757. The molecule has 0 fully saturated rings. The van der Waals surface area contributed by atoms with Crippen molar-refractivity contribution < 1.29 is 4.74 Å². The highest BCUT2D eigenvalue weighted by Gasteiger charge is 2.02. The molecule has 0 bridgehead atoms. The number of fused-ring (bicyclic) bond motifs is 1. The quantitative estimate of drug-likeness (QED) is 0.738. The first-order chi connectivity index (χ1) is 9.74. The number of methoxy groups -OCH3 is 1. The van der Waals surface area contributed by atoms with Crippen LogP contribution in [0.1, 0.15) is 0 Å². The lowest BCUT2D eigenvalue weighted by Gasteiger charge is -2.05. The minimum Gasteiger partial charge on any atom is -0.497 e. The Labute approximate surface area is 121 Å². The number of nitrogen functional groups attached to an aromatic ring is 1. The van der Waals surface area contributed by atoms with Gasteiger partial charge in [0.15, 0.2) is 0 Å². The van der Waals surface area contributed by atoms with Crippen LogP contribution in [0.5, 0.6) is 5.75 Å².